The summed E-state index contributed by atoms with van der Waals surface area (Å²) >= 11 is 0. The molecule has 2 amide bonds. The van der Waals surface area contributed by atoms with E-state index in [0.29, 0.717) is 50.3 Å². The Morgan fingerprint density at radius 2 is 1.74 bits per heavy atom. The molecule has 3 aliphatic heterocycles. The van der Waals surface area contributed by atoms with E-state index in [4.69, 9.17) is 9.47 Å². The summed E-state index contributed by atoms with van der Waals surface area (Å²) in [7, 11) is 3.68. The van der Waals surface area contributed by atoms with Gasteiger partial charge in [0.1, 0.15) is 11.4 Å². The van der Waals surface area contributed by atoms with Crippen LogP contribution in [-0.4, -0.2) is 94.0 Å². The van der Waals surface area contributed by atoms with E-state index < -0.39 is 17.1 Å². The van der Waals surface area contributed by atoms with Gasteiger partial charge >= 0.3 is 6.09 Å². The van der Waals surface area contributed by atoms with E-state index >= 15 is 4.39 Å². The van der Waals surface area contributed by atoms with E-state index in [1.165, 1.54) is 0 Å². The molecule has 0 bridgehead atoms. The standard InChI is InChI=1S/C25H37FN4O4/c1-24(2,3)34-23(32)29-8-6-25(7-9-29)21-19(26)16-18(28-12-10-27(4)11-13-28)17-20(21)30(22(25)31)14-15-33-5/h16-17H,6-15H2,1-5H3. The lowest BCUT2D eigenvalue weighted by Crippen LogP contribution is -2.51. The van der Waals surface area contributed by atoms with Gasteiger partial charge in [0.2, 0.25) is 5.91 Å². The number of likely N-dealkylation sites (N-methyl/N-ethyl adjacent to an activating group) is 1. The fourth-order valence-electron chi connectivity index (χ4n) is 5.25. The van der Waals surface area contributed by atoms with Gasteiger partial charge in [-0.2, -0.15) is 0 Å². The summed E-state index contributed by atoms with van der Waals surface area (Å²) in [6.07, 6.45) is 0.341. The molecule has 3 aliphatic rings. The third-order valence-corrected chi connectivity index (χ3v) is 7.13. The van der Waals surface area contributed by atoms with Gasteiger partial charge in [-0.05, 0) is 52.8 Å². The molecule has 188 valence electrons. The summed E-state index contributed by atoms with van der Waals surface area (Å²) in [4.78, 5) is 34.1. The van der Waals surface area contributed by atoms with Crippen molar-refractivity contribution in [1.29, 1.82) is 0 Å². The number of anilines is 2. The zero-order valence-electron chi connectivity index (χ0n) is 21.0. The first-order chi connectivity index (χ1) is 16.1. The molecule has 1 aromatic carbocycles. The first kappa shape index (κ1) is 24.7. The number of rotatable bonds is 4. The molecule has 4 rings (SSSR count). The summed E-state index contributed by atoms with van der Waals surface area (Å²) in [5.74, 6) is -0.441. The fourth-order valence-corrected chi connectivity index (χ4v) is 5.25. The lowest BCUT2D eigenvalue weighted by molar-refractivity contribution is -0.125. The smallest absolute Gasteiger partial charge is 0.410 e. The highest BCUT2D eigenvalue weighted by atomic mass is 19.1. The average molecular weight is 477 g/mol. The van der Waals surface area contributed by atoms with Crippen molar-refractivity contribution in [2.24, 2.45) is 0 Å². The number of carbonyl (C=O) groups excluding carboxylic acids is 2. The average Bonchev–Trinajstić information content (AvgIpc) is 3.00. The number of likely N-dealkylation sites (tertiary alicyclic amines) is 1. The van der Waals surface area contributed by atoms with Gasteiger partial charge in [0.05, 0.1) is 17.7 Å². The molecular weight excluding hydrogens is 439 g/mol. The molecule has 9 heteroatoms. The maximum atomic E-state index is 15.8. The van der Waals surface area contributed by atoms with Crippen LogP contribution >= 0.6 is 0 Å². The summed E-state index contributed by atoms with van der Waals surface area (Å²) < 4.78 is 26.6. The van der Waals surface area contributed by atoms with Gasteiger partial charge in [-0.15, -0.1) is 0 Å². The molecule has 0 unspecified atom stereocenters. The van der Waals surface area contributed by atoms with Crippen LogP contribution in [0.15, 0.2) is 12.1 Å². The molecule has 0 radical (unpaired) electrons. The predicted octanol–water partition coefficient (Wildman–Crippen LogP) is 2.84. The van der Waals surface area contributed by atoms with Crippen LogP contribution in [-0.2, 0) is 19.7 Å². The second-order valence-corrected chi connectivity index (χ2v) is 10.6. The number of fused-ring (bicyclic) bond motifs is 2. The molecule has 0 N–H and O–H groups in total. The highest BCUT2D eigenvalue weighted by Crippen LogP contribution is 2.50. The third kappa shape index (κ3) is 4.60. The highest BCUT2D eigenvalue weighted by molar-refractivity contribution is 6.09. The summed E-state index contributed by atoms with van der Waals surface area (Å²) in [5, 5.41) is 0. The van der Waals surface area contributed by atoms with Crippen LogP contribution in [0.2, 0.25) is 0 Å². The molecule has 2 fully saturated rings. The number of hydrogen-bond acceptors (Lipinski definition) is 6. The van der Waals surface area contributed by atoms with Crippen molar-refractivity contribution in [2.45, 2.75) is 44.6 Å². The normalized spacial score (nSPS) is 20.8. The lowest BCUT2D eigenvalue weighted by atomic mass is 9.73. The van der Waals surface area contributed by atoms with Crippen molar-refractivity contribution in [3.8, 4) is 0 Å². The summed E-state index contributed by atoms with van der Waals surface area (Å²) in [6.45, 7) is 10.4. The molecule has 0 atom stereocenters. The van der Waals surface area contributed by atoms with Crippen molar-refractivity contribution in [2.75, 3.05) is 76.4 Å². The Kier molecular flexibility index (Phi) is 6.79. The van der Waals surface area contributed by atoms with Gasteiger partial charge in [0.25, 0.3) is 0 Å². The number of amides is 2. The largest absolute Gasteiger partial charge is 0.444 e. The molecule has 0 saturated carbocycles. The molecule has 8 nitrogen and oxygen atoms in total. The lowest BCUT2D eigenvalue weighted by Gasteiger charge is -2.39. The van der Waals surface area contributed by atoms with Crippen LogP contribution < -0.4 is 9.80 Å². The van der Waals surface area contributed by atoms with Gasteiger partial charge in [0.15, 0.2) is 0 Å². The maximum Gasteiger partial charge on any atom is 0.410 e. The van der Waals surface area contributed by atoms with E-state index in [1.807, 2.05) is 26.8 Å². The van der Waals surface area contributed by atoms with Crippen LogP contribution in [0, 0.1) is 5.82 Å². The van der Waals surface area contributed by atoms with Crippen LogP contribution in [0.1, 0.15) is 39.2 Å². The number of hydrogen-bond donors (Lipinski definition) is 0. The molecule has 0 aromatic heterocycles. The Balaban J connectivity index is 1.64. The van der Waals surface area contributed by atoms with E-state index in [2.05, 4.69) is 16.8 Å². The minimum atomic E-state index is -0.966. The minimum absolute atomic E-state index is 0.0992. The van der Waals surface area contributed by atoms with Crippen molar-refractivity contribution >= 4 is 23.4 Å². The third-order valence-electron chi connectivity index (χ3n) is 7.13. The molecule has 1 aromatic rings. The van der Waals surface area contributed by atoms with E-state index in [9.17, 15) is 9.59 Å². The zero-order valence-corrected chi connectivity index (χ0v) is 21.0. The molecule has 34 heavy (non-hydrogen) atoms. The van der Waals surface area contributed by atoms with Crippen molar-refractivity contribution in [3.63, 3.8) is 0 Å². The SMILES string of the molecule is COCCN1C(=O)C2(CCN(C(=O)OC(C)(C)C)CC2)c2c(F)cc(N3CCN(C)CC3)cc21. The Morgan fingerprint density at radius 1 is 1.09 bits per heavy atom. The number of methoxy groups -OCH3 is 1. The van der Waals surface area contributed by atoms with Gasteiger partial charge in [-0.25, -0.2) is 9.18 Å². The van der Waals surface area contributed by atoms with Gasteiger partial charge in [0, 0.05) is 64.2 Å². The number of benzene rings is 1. The molecule has 3 heterocycles. The van der Waals surface area contributed by atoms with Crippen molar-refractivity contribution < 1.29 is 23.5 Å². The monoisotopic (exact) mass is 476 g/mol. The molecule has 0 aliphatic carbocycles. The van der Waals surface area contributed by atoms with Crippen LogP contribution in [0.5, 0.6) is 0 Å². The molecule has 1 spiro atoms. The minimum Gasteiger partial charge on any atom is -0.444 e. The molecule has 2 saturated heterocycles. The number of ether oxygens (including phenoxy) is 2. The quantitative estimate of drug-likeness (QED) is 0.666. The van der Waals surface area contributed by atoms with Gasteiger partial charge in [-0.3, -0.25) is 4.79 Å². The number of carbonyl (C=O) groups is 2. The Morgan fingerprint density at radius 3 is 2.32 bits per heavy atom. The van der Waals surface area contributed by atoms with E-state index in [1.54, 1.807) is 23.0 Å². The van der Waals surface area contributed by atoms with Crippen LogP contribution in [0.3, 0.4) is 0 Å². The Hall–Kier alpha value is -2.39. The Bertz CT molecular complexity index is 932. The zero-order chi connectivity index (χ0) is 24.7. The predicted molar refractivity (Wildman–Crippen MR) is 129 cm³/mol. The van der Waals surface area contributed by atoms with Crippen LogP contribution in [0.4, 0.5) is 20.6 Å². The van der Waals surface area contributed by atoms with Crippen molar-refractivity contribution in [3.05, 3.63) is 23.5 Å². The number of piperidine rings is 1. The number of halogens is 1. The summed E-state index contributed by atoms with van der Waals surface area (Å²) in [6, 6.07) is 3.55. The molecular formula is C25H37FN4O4. The first-order valence-corrected chi connectivity index (χ1v) is 12.1. The maximum absolute atomic E-state index is 15.8. The van der Waals surface area contributed by atoms with Gasteiger partial charge < -0.3 is 29.1 Å². The van der Waals surface area contributed by atoms with Crippen LogP contribution in [0.25, 0.3) is 0 Å². The second kappa shape index (κ2) is 9.34. The second-order valence-electron chi connectivity index (χ2n) is 10.6. The first-order valence-electron chi connectivity index (χ1n) is 12.1. The number of piperazine rings is 1. The Labute approximate surface area is 201 Å². The van der Waals surface area contributed by atoms with E-state index in [0.717, 1.165) is 31.9 Å². The van der Waals surface area contributed by atoms with E-state index in [-0.39, 0.29) is 11.7 Å². The number of nitrogens with zero attached hydrogens (tertiary/aromatic N) is 4. The van der Waals surface area contributed by atoms with Crippen molar-refractivity contribution in [1.82, 2.24) is 9.80 Å². The summed E-state index contributed by atoms with van der Waals surface area (Å²) in [5.41, 5.74) is 0.358. The highest BCUT2D eigenvalue weighted by Gasteiger charge is 2.54. The fraction of sp³-hybridized carbons (Fsp3) is 0.680. The topological polar surface area (TPSA) is 65.6 Å². The van der Waals surface area contributed by atoms with Gasteiger partial charge in [-0.1, -0.05) is 0 Å².